The van der Waals surface area contributed by atoms with Crippen molar-refractivity contribution < 1.29 is 4.74 Å². The van der Waals surface area contributed by atoms with Gasteiger partial charge in [0.05, 0.1) is 6.61 Å². The molecule has 0 aliphatic rings. The van der Waals surface area contributed by atoms with Gasteiger partial charge in [-0.05, 0) is 105 Å². The smallest absolute Gasteiger partial charge is 0.128 e. The van der Waals surface area contributed by atoms with Crippen LogP contribution in [0.25, 0.3) is 75.8 Å². The number of hydrogen-bond donors (Lipinski definition) is 0. The first-order valence-electron chi connectivity index (χ1n) is 17.1. The Morgan fingerprint density at radius 1 is 0.478 bits per heavy atom. The second-order valence-electron chi connectivity index (χ2n) is 15.6. The molecule has 0 unspecified atom stereocenters. The summed E-state index contributed by atoms with van der Waals surface area (Å²) in [5, 5.41) is 15.8. The van der Waals surface area contributed by atoms with Gasteiger partial charge in [-0.3, -0.25) is 0 Å². The van der Waals surface area contributed by atoms with E-state index in [0.29, 0.717) is 0 Å². The third-order valence-corrected chi connectivity index (χ3v) is 10.3. The Kier molecular flexibility index (Phi) is 6.53. The number of unbranched alkanes of at least 4 members (excludes halogenated alkanes) is 2. The Morgan fingerprint density at radius 3 is 1.48 bits per heavy atom. The standard InChI is InChI=1S/C45H44O/c1-8-9-10-21-46-38-26-32-14-13-29-23-34(45(5,6)7)25-31-17-20-37(42(32)40(29)31)43(38)36-18-15-27-11-12-28-22-33(44(2,3)4)24-30-16-19-35(36)41(27)39(28)30/h11-20,22-26H,8-10,21H2,1-7H3. The highest BCUT2D eigenvalue weighted by molar-refractivity contribution is 6.30. The van der Waals surface area contributed by atoms with Crippen LogP contribution in [0, 0.1) is 0 Å². The number of ether oxygens (including phenoxy) is 1. The molecule has 8 aromatic carbocycles. The fraction of sp³-hybridized carbons (Fsp3) is 0.289. The fourth-order valence-corrected chi connectivity index (χ4v) is 7.70. The van der Waals surface area contributed by atoms with Crippen LogP contribution in [0.3, 0.4) is 0 Å². The van der Waals surface area contributed by atoms with Crippen molar-refractivity contribution in [2.45, 2.75) is 78.6 Å². The summed E-state index contributed by atoms with van der Waals surface area (Å²) in [5.74, 6) is 0.988. The normalized spacial score (nSPS) is 13.0. The largest absolute Gasteiger partial charge is 0.493 e. The summed E-state index contributed by atoms with van der Waals surface area (Å²) in [5.41, 5.74) is 5.40. The molecule has 0 aliphatic heterocycles. The first-order chi connectivity index (χ1) is 22.0. The summed E-state index contributed by atoms with van der Waals surface area (Å²) in [4.78, 5) is 0. The lowest BCUT2D eigenvalue weighted by atomic mass is 9.81. The summed E-state index contributed by atoms with van der Waals surface area (Å²) in [6.07, 6.45) is 3.42. The van der Waals surface area contributed by atoms with Crippen molar-refractivity contribution in [1.29, 1.82) is 0 Å². The second kappa shape index (κ2) is 10.3. The van der Waals surface area contributed by atoms with Crippen LogP contribution in [0.4, 0.5) is 0 Å². The zero-order valence-corrected chi connectivity index (χ0v) is 28.4. The molecular formula is C45H44O. The van der Waals surface area contributed by atoms with Crippen molar-refractivity contribution >= 4 is 64.6 Å². The van der Waals surface area contributed by atoms with E-state index in [1.54, 1.807) is 0 Å². The van der Waals surface area contributed by atoms with Gasteiger partial charge in [-0.15, -0.1) is 0 Å². The van der Waals surface area contributed by atoms with Crippen molar-refractivity contribution in [1.82, 2.24) is 0 Å². The number of rotatable bonds is 6. The molecule has 0 heterocycles. The van der Waals surface area contributed by atoms with Crippen LogP contribution in [-0.2, 0) is 10.8 Å². The second-order valence-corrected chi connectivity index (χ2v) is 15.6. The van der Waals surface area contributed by atoms with Gasteiger partial charge < -0.3 is 4.74 Å². The SMILES string of the molecule is CCCCCOc1cc2ccc3cc(C(C)(C)C)cc4ccc(c1-c1ccc5ccc6cc(C(C)(C)C)cc7ccc1c5c67)c2c34. The maximum absolute atomic E-state index is 6.75. The Labute approximate surface area is 272 Å². The van der Waals surface area contributed by atoms with E-state index in [4.69, 9.17) is 4.74 Å². The molecule has 46 heavy (non-hydrogen) atoms. The first-order valence-corrected chi connectivity index (χ1v) is 17.1. The molecule has 0 amide bonds. The lowest BCUT2D eigenvalue weighted by Gasteiger charge is -2.24. The molecule has 0 aromatic heterocycles. The van der Waals surface area contributed by atoms with Crippen molar-refractivity contribution in [3.63, 3.8) is 0 Å². The predicted molar refractivity (Wildman–Crippen MR) is 202 cm³/mol. The van der Waals surface area contributed by atoms with Gasteiger partial charge in [0.2, 0.25) is 0 Å². The fourth-order valence-electron chi connectivity index (χ4n) is 7.70. The van der Waals surface area contributed by atoms with Crippen LogP contribution >= 0.6 is 0 Å². The maximum atomic E-state index is 6.75. The topological polar surface area (TPSA) is 9.23 Å². The van der Waals surface area contributed by atoms with Crippen LogP contribution in [0.5, 0.6) is 5.75 Å². The lowest BCUT2D eigenvalue weighted by Crippen LogP contribution is -2.11. The summed E-state index contributed by atoms with van der Waals surface area (Å²) in [7, 11) is 0. The first kappa shape index (κ1) is 29.1. The number of benzene rings is 8. The molecule has 0 N–H and O–H groups in total. The molecule has 0 spiro atoms. The van der Waals surface area contributed by atoms with E-state index in [9.17, 15) is 0 Å². The molecule has 0 saturated carbocycles. The molecule has 0 aliphatic carbocycles. The Hall–Kier alpha value is -4.36. The third-order valence-electron chi connectivity index (χ3n) is 10.3. The van der Waals surface area contributed by atoms with E-state index >= 15 is 0 Å². The highest BCUT2D eigenvalue weighted by Gasteiger charge is 2.23. The van der Waals surface area contributed by atoms with Crippen LogP contribution in [-0.4, -0.2) is 6.61 Å². The monoisotopic (exact) mass is 600 g/mol. The van der Waals surface area contributed by atoms with Crippen molar-refractivity contribution in [3.05, 3.63) is 102 Å². The summed E-state index contributed by atoms with van der Waals surface area (Å²) in [6, 6.07) is 35.2. The van der Waals surface area contributed by atoms with E-state index in [1.165, 1.54) is 99.7 Å². The van der Waals surface area contributed by atoms with Crippen LogP contribution in [0.2, 0.25) is 0 Å². The van der Waals surface area contributed by atoms with Gasteiger partial charge >= 0.3 is 0 Å². The van der Waals surface area contributed by atoms with E-state index in [-0.39, 0.29) is 10.8 Å². The Bertz CT molecular complexity index is 2370. The highest BCUT2D eigenvalue weighted by atomic mass is 16.5. The van der Waals surface area contributed by atoms with Crippen LogP contribution in [0.1, 0.15) is 78.9 Å². The summed E-state index contributed by atoms with van der Waals surface area (Å²) < 4.78 is 6.75. The van der Waals surface area contributed by atoms with Gasteiger partial charge in [0, 0.05) is 5.56 Å². The van der Waals surface area contributed by atoms with Gasteiger partial charge in [0.25, 0.3) is 0 Å². The molecular weight excluding hydrogens is 556 g/mol. The molecule has 1 nitrogen and oxygen atoms in total. The highest BCUT2D eigenvalue weighted by Crippen LogP contribution is 2.49. The number of hydrogen-bond acceptors (Lipinski definition) is 1. The molecule has 0 fully saturated rings. The van der Waals surface area contributed by atoms with E-state index < -0.39 is 0 Å². The minimum absolute atomic E-state index is 0.0878. The van der Waals surface area contributed by atoms with Crippen LogP contribution in [0.15, 0.2) is 91.0 Å². The zero-order valence-electron chi connectivity index (χ0n) is 28.4. The minimum atomic E-state index is 0.0878. The molecule has 230 valence electrons. The van der Waals surface area contributed by atoms with Gasteiger partial charge in [0.1, 0.15) is 5.75 Å². The molecule has 8 aromatic rings. The molecule has 0 radical (unpaired) electrons. The molecule has 0 bridgehead atoms. The minimum Gasteiger partial charge on any atom is -0.493 e. The van der Waals surface area contributed by atoms with E-state index in [2.05, 4.69) is 139 Å². The quantitative estimate of drug-likeness (QED) is 0.136. The summed E-state index contributed by atoms with van der Waals surface area (Å²) in [6.45, 7) is 16.8. The van der Waals surface area contributed by atoms with Gasteiger partial charge in [-0.2, -0.15) is 0 Å². The van der Waals surface area contributed by atoms with Gasteiger partial charge in [0.15, 0.2) is 0 Å². The zero-order chi connectivity index (χ0) is 32.0. The average Bonchev–Trinajstić information content (AvgIpc) is 3.03. The average molecular weight is 601 g/mol. The van der Waals surface area contributed by atoms with Gasteiger partial charge in [-0.1, -0.05) is 146 Å². The third kappa shape index (κ3) is 4.50. The van der Waals surface area contributed by atoms with Crippen molar-refractivity contribution in [2.24, 2.45) is 0 Å². The van der Waals surface area contributed by atoms with E-state index in [0.717, 1.165) is 18.8 Å². The molecule has 0 saturated heterocycles. The predicted octanol–water partition coefficient (Wildman–Crippen LogP) is 13.3. The molecule has 1 heteroatoms. The molecule has 0 atom stereocenters. The van der Waals surface area contributed by atoms with Crippen molar-refractivity contribution in [3.8, 4) is 16.9 Å². The Balaban J connectivity index is 1.45. The lowest BCUT2D eigenvalue weighted by molar-refractivity contribution is 0.308. The van der Waals surface area contributed by atoms with E-state index in [1.807, 2.05) is 0 Å². The summed E-state index contributed by atoms with van der Waals surface area (Å²) >= 11 is 0. The maximum Gasteiger partial charge on any atom is 0.128 e. The van der Waals surface area contributed by atoms with Crippen molar-refractivity contribution in [2.75, 3.05) is 6.61 Å². The Morgan fingerprint density at radius 2 is 0.935 bits per heavy atom. The van der Waals surface area contributed by atoms with Gasteiger partial charge in [-0.25, -0.2) is 0 Å². The molecule has 8 rings (SSSR count). The van der Waals surface area contributed by atoms with Crippen LogP contribution < -0.4 is 4.74 Å².